The van der Waals surface area contributed by atoms with Crippen molar-refractivity contribution in [3.8, 4) is 17.2 Å². The average Bonchev–Trinajstić information content (AvgIpc) is 3.31. The van der Waals surface area contributed by atoms with Gasteiger partial charge in [-0.05, 0) is 59.8 Å². The minimum atomic E-state index is -4.00. The van der Waals surface area contributed by atoms with Gasteiger partial charge in [-0.1, -0.05) is 0 Å². The zero-order valence-corrected chi connectivity index (χ0v) is 18.9. The quantitative estimate of drug-likeness (QED) is 0.361. The number of hydrogen-bond acceptors (Lipinski definition) is 8. The minimum Gasteiger partial charge on any atom is -0.497 e. The Morgan fingerprint density at radius 1 is 0.818 bits per heavy atom. The number of anilines is 2. The van der Waals surface area contributed by atoms with Crippen LogP contribution in [-0.2, 0) is 10.0 Å². The van der Waals surface area contributed by atoms with Gasteiger partial charge in [0.05, 0.1) is 37.4 Å². The molecule has 0 saturated heterocycles. The van der Waals surface area contributed by atoms with Crippen LogP contribution in [0.3, 0.4) is 0 Å². The normalized spacial score (nSPS) is 11.2. The lowest BCUT2D eigenvalue weighted by Crippen LogP contribution is -2.12. The third kappa shape index (κ3) is 3.96. The van der Waals surface area contributed by atoms with Gasteiger partial charge in [-0.15, -0.1) is 4.91 Å². The third-order valence-electron chi connectivity index (χ3n) is 5.18. The molecular weight excluding hydrogens is 446 g/mol. The van der Waals surface area contributed by atoms with Gasteiger partial charge in [-0.2, -0.15) is 0 Å². The van der Waals surface area contributed by atoms with Crippen LogP contribution in [0.15, 0.2) is 76.9 Å². The maximum atomic E-state index is 13.4. The average molecular weight is 468 g/mol. The predicted octanol–water partition coefficient (Wildman–Crippen LogP) is 5.05. The summed E-state index contributed by atoms with van der Waals surface area (Å²) in [6, 6.07) is 16.0. The number of benzene rings is 3. The van der Waals surface area contributed by atoms with Crippen molar-refractivity contribution in [3.63, 3.8) is 0 Å². The first kappa shape index (κ1) is 22.2. The highest BCUT2D eigenvalue weighted by Crippen LogP contribution is 2.38. The van der Waals surface area contributed by atoms with Crippen LogP contribution < -0.4 is 19.5 Å². The maximum Gasteiger partial charge on any atom is 0.268 e. The molecule has 0 aliphatic heterocycles. The predicted molar refractivity (Wildman–Crippen MR) is 126 cm³/mol. The van der Waals surface area contributed by atoms with Crippen molar-refractivity contribution in [1.29, 1.82) is 0 Å². The number of hydrogen-bond donors (Lipinski definition) is 1. The molecule has 1 heterocycles. The molecule has 0 aliphatic carbocycles. The first-order valence-corrected chi connectivity index (χ1v) is 11.2. The van der Waals surface area contributed by atoms with Crippen LogP contribution in [-0.4, -0.2) is 33.7 Å². The fourth-order valence-corrected chi connectivity index (χ4v) is 4.88. The molecule has 33 heavy (non-hydrogen) atoms. The molecule has 170 valence electrons. The lowest BCUT2D eigenvalue weighted by molar-refractivity contribution is 0.405. The third-order valence-corrected chi connectivity index (χ3v) is 6.87. The second-order valence-corrected chi connectivity index (χ2v) is 8.78. The fourth-order valence-electron chi connectivity index (χ4n) is 3.51. The summed E-state index contributed by atoms with van der Waals surface area (Å²) in [6.45, 7) is 0. The van der Waals surface area contributed by atoms with E-state index in [1.54, 1.807) is 56.7 Å². The Bertz CT molecular complexity index is 1430. The van der Waals surface area contributed by atoms with E-state index in [9.17, 15) is 13.3 Å². The van der Waals surface area contributed by atoms with E-state index in [-0.39, 0.29) is 16.1 Å². The van der Waals surface area contributed by atoms with Crippen LogP contribution in [0.25, 0.3) is 10.9 Å². The number of fused-ring (bicyclic) bond motifs is 1. The Hall–Kier alpha value is -4.05. The second-order valence-electron chi connectivity index (χ2n) is 6.97. The maximum absolute atomic E-state index is 13.4. The van der Waals surface area contributed by atoms with Crippen LogP contribution in [0.2, 0.25) is 0 Å². The Morgan fingerprint density at radius 3 is 2.15 bits per heavy atom. The van der Waals surface area contributed by atoms with Crippen LogP contribution in [0.4, 0.5) is 17.1 Å². The number of nitrogens with one attached hydrogen (secondary N) is 1. The second kappa shape index (κ2) is 8.83. The van der Waals surface area contributed by atoms with Gasteiger partial charge in [0.15, 0.2) is 0 Å². The van der Waals surface area contributed by atoms with E-state index in [0.717, 1.165) is 3.97 Å². The van der Waals surface area contributed by atoms with Gasteiger partial charge in [0.2, 0.25) is 0 Å². The number of ether oxygens (including phenoxy) is 3. The monoisotopic (exact) mass is 467 g/mol. The summed E-state index contributed by atoms with van der Waals surface area (Å²) in [6.07, 6.45) is 1.40. The molecule has 0 spiro atoms. The van der Waals surface area contributed by atoms with Gasteiger partial charge in [0.1, 0.15) is 22.9 Å². The molecular formula is C23H21N3O6S. The van der Waals surface area contributed by atoms with E-state index in [4.69, 9.17) is 14.2 Å². The summed E-state index contributed by atoms with van der Waals surface area (Å²) >= 11 is 0. The van der Waals surface area contributed by atoms with Crippen molar-refractivity contribution in [3.05, 3.63) is 71.8 Å². The van der Waals surface area contributed by atoms with Crippen molar-refractivity contribution in [2.75, 3.05) is 26.6 Å². The molecule has 0 bridgehead atoms. The first-order chi connectivity index (χ1) is 15.9. The molecule has 0 fully saturated rings. The largest absolute Gasteiger partial charge is 0.497 e. The van der Waals surface area contributed by atoms with Crippen LogP contribution in [0.5, 0.6) is 17.2 Å². The van der Waals surface area contributed by atoms with Gasteiger partial charge in [-0.3, -0.25) is 0 Å². The van der Waals surface area contributed by atoms with Crippen molar-refractivity contribution in [1.82, 2.24) is 3.97 Å². The minimum absolute atomic E-state index is 0.00440. The van der Waals surface area contributed by atoms with E-state index in [2.05, 4.69) is 10.5 Å². The zero-order valence-electron chi connectivity index (χ0n) is 18.1. The molecule has 0 saturated carbocycles. The van der Waals surface area contributed by atoms with Crippen molar-refractivity contribution in [2.45, 2.75) is 4.90 Å². The van der Waals surface area contributed by atoms with Gasteiger partial charge in [0, 0.05) is 23.3 Å². The number of nitrogens with zero attached hydrogens (tertiary/aromatic N) is 2. The van der Waals surface area contributed by atoms with E-state index in [0.29, 0.717) is 34.0 Å². The Kier molecular flexibility index (Phi) is 5.93. The summed E-state index contributed by atoms with van der Waals surface area (Å²) in [7, 11) is 0.589. The van der Waals surface area contributed by atoms with Gasteiger partial charge >= 0.3 is 0 Å². The smallest absolute Gasteiger partial charge is 0.268 e. The molecule has 4 aromatic rings. The molecule has 1 aromatic heterocycles. The lowest BCUT2D eigenvalue weighted by Gasteiger charge is -2.14. The zero-order chi connectivity index (χ0) is 23.6. The topological polar surface area (TPSA) is 108 Å². The summed E-state index contributed by atoms with van der Waals surface area (Å²) in [5.74, 6) is 1.70. The van der Waals surface area contributed by atoms with Gasteiger partial charge in [-0.25, -0.2) is 12.4 Å². The molecule has 4 rings (SSSR count). The molecule has 0 unspecified atom stereocenters. The number of aromatic nitrogens is 1. The standard InChI is InChI=1S/C23H21N3O6S/c1-30-15-4-7-17(8-5-15)33(28,29)26-13-12-18-19(9-10-20(25-27)23(18)26)24-21-14-16(31-2)6-11-22(21)32-3/h4-14,24H,1-3H3. The van der Waals surface area contributed by atoms with Crippen molar-refractivity contribution in [2.24, 2.45) is 5.18 Å². The molecule has 0 aliphatic rings. The highest BCUT2D eigenvalue weighted by Gasteiger charge is 2.23. The Labute approximate surface area is 190 Å². The highest BCUT2D eigenvalue weighted by atomic mass is 32.2. The van der Waals surface area contributed by atoms with Crippen LogP contribution in [0, 0.1) is 4.91 Å². The SMILES string of the molecule is COc1ccc(S(=O)(=O)n2ccc3c(Nc4cc(OC)ccc4OC)ccc(N=O)c32)cc1. The number of methoxy groups -OCH3 is 3. The van der Waals surface area contributed by atoms with Crippen molar-refractivity contribution >= 4 is 38.0 Å². The van der Waals surface area contributed by atoms with Crippen LogP contribution in [0.1, 0.15) is 0 Å². The van der Waals surface area contributed by atoms with E-state index in [1.165, 1.54) is 31.5 Å². The van der Waals surface area contributed by atoms with Crippen molar-refractivity contribution < 1.29 is 22.6 Å². The molecule has 9 nitrogen and oxygen atoms in total. The highest BCUT2D eigenvalue weighted by molar-refractivity contribution is 7.90. The molecule has 0 amide bonds. The van der Waals surface area contributed by atoms with E-state index < -0.39 is 10.0 Å². The molecule has 1 N–H and O–H groups in total. The van der Waals surface area contributed by atoms with Gasteiger partial charge in [0.25, 0.3) is 10.0 Å². The van der Waals surface area contributed by atoms with E-state index >= 15 is 0 Å². The fraction of sp³-hybridized carbons (Fsp3) is 0.130. The summed E-state index contributed by atoms with van der Waals surface area (Å²) < 4.78 is 43.6. The molecule has 3 aromatic carbocycles. The number of nitroso groups, excluding NO2 is 1. The summed E-state index contributed by atoms with van der Waals surface area (Å²) in [4.78, 5) is 11.6. The van der Waals surface area contributed by atoms with Crippen LogP contribution >= 0.6 is 0 Å². The summed E-state index contributed by atoms with van der Waals surface area (Å²) in [5.41, 5.74) is 1.33. The van der Waals surface area contributed by atoms with E-state index in [1.807, 2.05) is 0 Å². The Morgan fingerprint density at radius 2 is 1.52 bits per heavy atom. The molecule has 0 atom stereocenters. The lowest BCUT2D eigenvalue weighted by atomic mass is 10.1. The first-order valence-electron chi connectivity index (χ1n) is 9.79. The Balaban J connectivity index is 1.86. The van der Waals surface area contributed by atoms with Gasteiger partial charge < -0.3 is 19.5 Å². The summed E-state index contributed by atoms with van der Waals surface area (Å²) in [5, 5.41) is 6.78. The molecule has 10 heteroatoms. The number of rotatable bonds is 8. The molecule has 0 radical (unpaired) electrons.